The van der Waals surface area contributed by atoms with Crippen molar-refractivity contribution in [1.82, 2.24) is 4.90 Å². The fourth-order valence-corrected chi connectivity index (χ4v) is 1.92. The molecule has 1 aliphatic heterocycles. The first-order valence-electron chi connectivity index (χ1n) is 4.83. The maximum atomic E-state index is 5.55. The summed E-state index contributed by atoms with van der Waals surface area (Å²) in [7, 11) is 0. The van der Waals surface area contributed by atoms with Gasteiger partial charge in [0.15, 0.2) is 0 Å². The van der Waals surface area contributed by atoms with E-state index >= 15 is 0 Å². The molecule has 1 rings (SSSR count). The van der Waals surface area contributed by atoms with E-state index in [9.17, 15) is 0 Å². The molecule has 0 radical (unpaired) electrons. The van der Waals surface area contributed by atoms with E-state index in [0.717, 1.165) is 32.7 Å². The zero-order valence-electron chi connectivity index (χ0n) is 8.33. The van der Waals surface area contributed by atoms with Crippen molar-refractivity contribution in [3.8, 4) is 0 Å². The summed E-state index contributed by atoms with van der Waals surface area (Å²) in [5.74, 6) is 0. The molecular formula is C9H18INO2. The van der Waals surface area contributed by atoms with Crippen molar-refractivity contribution in [2.75, 3.05) is 26.3 Å². The fourth-order valence-electron chi connectivity index (χ4n) is 1.61. The lowest BCUT2D eigenvalue weighted by Gasteiger charge is -2.36. The Morgan fingerprint density at radius 1 is 1.54 bits per heavy atom. The Hall–Kier alpha value is 0.610. The molecule has 0 N–H and O–H groups in total. The quantitative estimate of drug-likeness (QED) is 0.584. The summed E-state index contributed by atoms with van der Waals surface area (Å²) in [5, 5.41) is 0. The lowest BCUT2D eigenvalue weighted by atomic mass is 10.2. The molecule has 0 aromatic rings. The highest BCUT2D eigenvalue weighted by molar-refractivity contribution is 14.1. The molecule has 3 nitrogen and oxygen atoms in total. The SMILES string of the molecule is CC1CN(CCCOI)C(C)CO1. The number of ether oxygens (including phenoxy) is 1. The van der Waals surface area contributed by atoms with Gasteiger partial charge in [-0.05, 0) is 20.3 Å². The molecule has 78 valence electrons. The average Bonchev–Trinajstić information content (AvgIpc) is 2.11. The van der Waals surface area contributed by atoms with Crippen molar-refractivity contribution < 1.29 is 7.80 Å². The van der Waals surface area contributed by atoms with Crippen LogP contribution >= 0.6 is 23.0 Å². The van der Waals surface area contributed by atoms with Crippen LogP contribution in [-0.4, -0.2) is 43.3 Å². The number of hydrogen-bond acceptors (Lipinski definition) is 3. The highest BCUT2D eigenvalue weighted by Gasteiger charge is 2.22. The van der Waals surface area contributed by atoms with Gasteiger partial charge in [0, 0.05) is 19.1 Å². The Kier molecular flexibility index (Phi) is 5.54. The molecule has 1 aliphatic rings. The molecule has 0 aliphatic carbocycles. The standard InChI is InChI=1S/C9H18INO2/c1-8-7-12-9(2)6-11(8)4-3-5-13-10/h8-9H,3-7H2,1-2H3. The first-order valence-corrected chi connectivity index (χ1v) is 5.71. The van der Waals surface area contributed by atoms with Gasteiger partial charge in [-0.3, -0.25) is 4.90 Å². The van der Waals surface area contributed by atoms with Crippen LogP contribution < -0.4 is 0 Å². The Labute approximate surface area is 94.5 Å². The van der Waals surface area contributed by atoms with Crippen LogP contribution in [0.4, 0.5) is 0 Å². The molecule has 0 saturated carbocycles. The van der Waals surface area contributed by atoms with Crippen molar-refractivity contribution in [3.63, 3.8) is 0 Å². The molecule has 2 unspecified atom stereocenters. The van der Waals surface area contributed by atoms with E-state index in [1.165, 1.54) is 0 Å². The minimum Gasteiger partial charge on any atom is -0.376 e. The largest absolute Gasteiger partial charge is 0.376 e. The Morgan fingerprint density at radius 3 is 3.00 bits per heavy atom. The van der Waals surface area contributed by atoms with Gasteiger partial charge in [0.1, 0.15) is 23.0 Å². The second-order valence-electron chi connectivity index (χ2n) is 3.65. The van der Waals surface area contributed by atoms with E-state index in [0.29, 0.717) is 12.1 Å². The molecular weight excluding hydrogens is 281 g/mol. The van der Waals surface area contributed by atoms with Crippen LogP contribution in [0, 0.1) is 0 Å². The maximum Gasteiger partial charge on any atom is 0.109 e. The molecule has 0 amide bonds. The summed E-state index contributed by atoms with van der Waals surface area (Å²) < 4.78 is 10.6. The van der Waals surface area contributed by atoms with Crippen LogP contribution in [0.15, 0.2) is 0 Å². The van der Waals surface area contributed by atoms with E-state index in [4.69, 9.17) is 7.80 Å². The summed E-state index contributed by atoms with van der Waals surface area (Å²) in [5.41, 5.74) is 0. The predicted octanol–water partition coefficient (Wildman–Crippen LogP) is 1.85. The van der Waals surface area contributed by atoms with Gasteiger partial charge >= 0.3 is 0 Å². The molecule has 13 heavy (non-hydrogen) atoms. The lowest BCUT2D eigenvalue weighted by molar-refractivity contribution is -0.0500. The van der Waals surface area contributed by atoms with Crippen molar-refractivity contribution in [3.05, 3.63) is 0 Å². The first-order chi connectivity index (χ1) is 6.24. The van der Waals surface area contributed by atoms with Crippen LogP contribution in [0.1, 0.15) is 20.3 Å². The highest BCUT2D eigenvalue weighted by Crippen LogP contribution is 2.11. The first kappa shape index (κ1) is 11.7. The van der Waals surface area contributed by atoms with Gasteiger partial charge in [-0.25, -0.2) is 0 Å². The highest BCUT2D eigenvalue weighted by atomic mass is 127. The summed E-state index contributed by atoms with van der Waals surface area (Å²) in [6.07, 6.45) is 1.50. The van der Waals surface area contributed by atoms with Crippen LogP contribution in [-0.2, 0) is 7.80 Å². The lowest BCUT2D eigenvalue weighted by Crippen LogP contribution is -2.47. The van der Waals surface area contributed by atoms with Gasteiger partial charge < -0.3 is 7.80 Å². The normalized spacial score (nSPS) is 30.7. The maximum absolute atomic E-state index is 5.55. The molecule has 2 atom stereocenters. The van der Waals surface area contributed by atoms with Crippen molar-refractivity contribution >= 4 is 23.0 Å². The second-order valence-corrected chi connectivity index (χ2v) is 4.28. The number of rotatable bonds is 4. The predicted molar refractivity (Wildman–Crippen MR) is 61.0 cm³/mol. The fraction of sp³-hybridized carbons (Fsp3) is 1.00. The zero-order valence-corrected chi connectivity index (χ0v) is 10.5. The molecule has 0 aromatic carbocycles. The van der Waals surface area contributed by atoms with E-state index in [1.807, 2.05) is 23.0 Å². The van der Waals surface area contributed by atoms with E-state index < -0.39 is 0 Å². The van der Waals surface area contributed by atoms with Gasteiger partial charge in [-0.2, -0.15) is 0 Å². The van der Waals surface area contributed by atoms with Crippen LogP contribution in [0.25, 0.3) is 0 Å². The Bertz CT molecular complexity index is 146. The third-order valence-electron chi connectivity index (χ3n) is 2.40. The number of hydrogen-bond donors (Lipinski definition) is 0. The Morgan fingerprint density at radius 2 is 2.31 bits per heavy atom. The second kappa shape index (κ2) is 6.16. The van der Waals surface area contributed by atoms with Crippen molar-refractivity contribution in [2.24, 2.45) is 0 Å². The van der Waals surface area contributed by atoms with Crippen molar-refractivity contribution in [2.45, 2.75) is 32.4 Å². The molecule has 0 spiro atoms. The molecule has 1 heterocycles. The number of halogens is 1. The monoisotopic (exact) mass is 299 g/mol. The van der Waals surface area contributed by atoms with Gasteiger partial charge in [0.25, 0.3) is 0 Å². The summed E-state index contributed by atoms with van der Waals surface area (Å²) in [4.78, 5) is 2.48. The molecule has 0 bridgehead atoms. The van der Waals surface area contributed by atoms with E-state index in [1.54, 1.807) is 0 Å². The summed E-state index contributed by atoms with van der Waals surface area (Å²) in [6.45, 7) is 8.25. The van der Waals surface area contributed by atoms with Crippen LogP contribution in [0.5, 0.6) is 0 Å². The smallest absolute Gasteiger partial charge is 0.109 e. The number of nitrogens with zero attached hydrogens (tertiary/aromatic N) is 1. The topological polar surface area (TPSA) is 21.7 Å². The minimum absolute atomic E-state index is 0.386. The molecule has 1 fully saturated rings. The van der Waals surface area contributed by atoms with Gasteiger partial charge in [0.05, 0.1) is 19.3 Å². The average molecular weight is 299 g/mol. The Balaban J connectivity index is 2.21. The van der Waals surface area contributed by atoms with Crippen LogP contribution in [0.3, 0.4) is 0 Å². The van der Waals surface area contributed by atoms with Gasteiger partial charge in [0.2, 0.25) is 0 Å². The van der Waals surface area contributed by atoms with Crippen LogP contribution in [0.2, 0.25) is 0 Å². The van der Waals surface area contributed by atoms with Gasteiger partial charge in [-0.1, -0.05) is 0 Å². The molecule has 4 heteroatoms. The van der Waals surface area contributed by atoms with Crippen molar-refractivity contribution in [1.29, 1.82) is 0 Å². The van der Waals surface area contributed by atoms with Gasteiger partial charge in [-0.15, -0.1) is 0 Å². The summed E-state index contributed by atoms with van der Waals surface area (Å²) in [6, 6.07) is 0.561. The number of morpholine rings is 1. The zero-order chi connectivity index (χ0) is 9.68. The van der Waals surface area contributed by atoms with E-state index in [-0.39, 0.29) is 0 Å². The van der Waals surface area contributed by atoms with E-state index in [2.05, 4.69) is 18.7 Å². The minimum atomic E-state index is 0.386. The molecule has 1 saturated heterocycles. The summed E-state index contributed by atoms with van der Waals surface area (Å²) >= 11 is 1.95. The third kappa shape index (κ3) is 4.10. The third-order valence-corrected chi connectivity index (χ3v) is 2.84. The molecule has 0 aromatic heterocycles.